The highest BCUT2D eigenvalue weighted by Crippen LogP contribution is 2.46. The largest absolute Gasteiger partial charge is 0.466 e. The van der Waals surface area contributed by atoms with Gasteiger partial charge in [0, 0.05) is 28.3 Å². The molecule has 2 aliphatic rings. The summed E-state index contributed by atoms with van der Waals surface area (Å²) in [6.45, 7) is 7.86. The van der Waals surface area contributed by atoms with Crippen molar-refractivity contribution in [3.63, 3.8) is 0 Å². The van der Waals surface area contributed by atoms with Crippen molar-refractivity contribution >= 4 is 11.8 Å². The van der Waals surface area contributed by atoms with Crippen LogP contribution in [0.2, 0.25) is 0 Å². The van der Waals surface area contributed by atoms with E-state index in [0.717, 1.165) is 35.4 Å². The standard InChI is InChI=1S/C21H25NO3/c1-12-6-8-14(9-7-12)17-16(20(24)25-5)13(2)22-15-10-11-21(3,4)19(23)18(15)17/h6-9,17,22H,10-11H2,1-5H3. The fraction of sp³-hybridized carbons (Fsp3) is 0.429. The lowest BCUT2D eigenvalue weighted by molar-refractivity contribution is -0.136. The van der Waals surface area contributed by atoms with Gasteiger partial charge in [0.2, 0.25) is 0 Å². The topological polar surface area (TPSA) is 55.4 Å². The number of Topliss-reactive ketones (excluding diaryl/α,β-unsaturated/α-hetero) is 1. The van der Waals surface area contributed by atoms with E-state index in [1.165, 1.54) is 7.11 Å². The van der Waals surface area contributed by atoms with Crippen LogP contribution in [0.3, 0.4) is 0 Å². The average Bonchev–Trinajstić information content (AvgIpc) is 2.58. The third kappa shape index (κ3) is 2.90. The van der Waals surface area contributed by atoms with E-state index in [0.29, 0.717) is 11.1 Å². The number of esters is 1. The van der Waals surface area contributed by atoms with Crippen molar-refractivity contribution in [1.29, 1.82) is 0 Å². The van der Waals surface area contributed by atoms with E-state index in [-0.39, 0.29) is 11.7 Å². The predicted octanol–water partition coefficient (Wildman–Crippen LogP) is 3.77. The second-order valence-electron chi connectivity index (χ2n) is 7.60. The number of carbonyl (C=O) groups excluding carboxylic acids is 2. The van der Waals surface area contributed by atoms with Gasteiger partial charge in [0.25, 0.3) is 0 Å². The molecule has 0 spiro atoms. The smallest absolute Gasteiger partial charge is 0.336 e. The number of hydrogen-bond acceptors (Lipinski definition) is 4. The lowest BCUT2D eigenvalue weighted by Crippen LogP contribution is -2.40. The van der Waals surface area contributed by atoms with Crippen molar-refractivity contribution in [2.75, 3.05) is 7.11 Å². The molecule has 1 heterocycles. The molecule has 1 aliphatic carbocycles. The molecule has 1 aromatic rings. The molecule has 25 heavy (non-hydrogen) atoms. The van der Waals surface area contributed by atoms with E-state index in [1.807, 2.05) is 52.0 Å². The van der Waals surface area contributed by atoms with Crippen LogP contribution >= 0.6 is 0 Å². The Balaban J connectivity index is 2.21. The monoisotopic (exact) mass is 339 g/mol. The number of benzene rings is 1. The molecule has 1 aromatic carbocycles. The first kappa shape index (κ1) is 17.5. The Bertz CT molecular complexity index is 797. The molecule has 0 aromatic heterocycles. The summed E-state index contributed by atoms with van der Waals surface area (Å²) in [6.07, 6.45) is 1.61. The number of hydrogen-bond donors (Lipinski definition) is 1. The summed E-state index contributed by atoms with van der Waals surface area (Å²) in [4.78, 5) is 25.7. The van der Waals surface area contributed by atoms with Gasteiger partial charge in [-0.05, 0) is 32.3 Å². The molecular weight excluding hydrogens is 314 g/mol. The number of rotatable bonds is 2. The minimum Gasteiger partial charge on any atom is -0.466 e. The van der Waals surface area contributed by atoms with E-state index in [1.54, 1.807) is 0 Å². The zero-order valence-electron chi connectivity index (χ0n) is 15.5. The Morgan fingerprint density at radius 3 is 2.44 bits per heavy atom. The summed E-state index contributed by atoms with van der Waals surface area (Å²) < 4.78 is 5.03. The first-order valence-corrected chi connectivity index (χ1v) is 8.67. The minimum atomic E-state index is -0.421. The van der Waals surface area contributed by atoms with Crippen molar-refractivity contribution in [3.8, 4) is 0 Å². The summed E-state index contributed by atoms with van der Waals surface area (Å²) >= 11 is 0. The summed E-state index contributed by atoms with van der Waals surface area (Å²) in [5.74, 6) is -0.657. The normalized spacial score (nSPS) is 22.4. The zero-order chi connectivity index (χ0) is 18.4. The molecule has 4 heteroatoms. The van der Waals surface area contributed by atoms with Crippen molar-refractivity contribution in [2.24, 2.45) is 5.41 Å². The van der Waals surface area contributed by atoms with Gasteiger partial charge in [-0.2, -0.15) is 0 Å². The van der Waals surface area contributed by atoms with Gasteiger partial charge >= 0.3 is 5.97 Å². The first-order valence-electron chi connectivity index (χ1n) is 8.67. The fourth-order valence-corrected chi connectivity index (χ4v) is 3.75. The second-order valence-corrected chi connectivity index (χ2v) is 7.60. The van der Waals surface area contributed by atoms with Gasteiger partial charge < -0.3 is 10.1 Å². The highest BCUT2D eigenvalue weighted by atomic mass is 16.5. The molecule has 4 nitrogen and oxygen atoms in total. The number of ether oxygens (including phenoxy) is 1. The van der Waals surface area contributed by atoms with Crippen LogP contribution in [0.4, 0.5) is 0 Å². The fourth-order valence-electron chi connectivity index (χ4n) is 3.75. The highest BCUT2D eigenvalue weighted by molar-refractivity contribution is 6.06. The maximum absolute atomic E-state index is 13.2. The van der Waals surface area contributed by atoms with Crippen LogP contribution < -0.4 is 5.32 Å². The Kier molecular flexibility index (Phi) is 4.31. The molecule has 1 N–H and O–H groups in total. The molecule has 0 saturated carbocycles. The molecule has 0 saturated heterocycles. The van der Waals surface area contributed by atoms with Gasteiger partial charge in [0.05, 0.1) is 12.7 Å². The molecule has 0 bridgehead atoms. The third-order valence-electron chi connectivity index (χ3n) is 5.32. The van der Waals surface area contributed by atoms with E-state index < -0.39 is 11.4 Å². The maximum Gasteiger partial charge on any atom is 0.336 e. The summed E-state index contributed by atoms with van der Waals surface area (Å²) in [7, 11) is 1.38. The van der Waals surface area contributed by atoms with Gasteiger partial charge in [-0.3, -0.25) is 4.79 Å². The Morgan fingerprint density at radius 1 is 1.20 bits per heavy atom. The molecule has 0 amide bonds. The van der Waals surface area contributed by atoms with Crippen LogP contribution in [-0.4, -0.2) is 18.9 Å². The molecule has 132 valence electrons. The van der Waals surface area contributed by atoms with Gasteiger partial charge in [-0.1, -0.05) is 43.7 Å². The molecule has 1 atom stereocenters. The number of aryl methyl sites for hydroxylation is 1. The van der Waals surface area contributed by atoms with Crippen molar-refractivity contribution < 1.29 is 14.3 Å². The van der Waals surface area contributed by atoms with Crippen LogP contribution in [-0.2, 0) is 14.3 Å². The van der Waals surface area contributed by atoms with Gasteiger partial charge in [-0.25, -0.2) is 4.79 Å². The second kappa shape index (κ2) is 6.17. The number of carbonyl (C=O) groups is 2. The van der Waals surface area contributed by atoms with Crippen molar-refractivity contribution in [3.05, 3.63) is 57.9 Å². The third-order valence-corrected chi connectivity index (χ3v) is 5.32. The van der Waals surface area contributed by atoms with Crippen LogP contribution in [0, 0.1) is 12.3 Å². The minimum absolute atomic E-state index is 0.112. The van der Waals surface area contributed by atoms with E-state index >= 15 is 0 Å². The lowest BCUT2D eigenvalue weighted by atomic mass is 9.67. The number of ketones is 1. The van der Waals surface area contributed by atoms with Crippen molar-refractivity contribution in [2.45, 2.75) is 46.5 Å². The average molecular weight is 339 g/mol. The molecule has 0 fully saturated rings. The quantitative estimate of drug-likeness (QED) is 0.833. The van der Waals surface area contributed by atoms with Crippen molar-refractivity contribution in [1.82, 2.24) is 5.32 Å². The maximum atomic E-state index is 13.2. The lowest BCUT2D eigenvalue weighted by Gasteiger charge is -2.39. The number of nitrogens with one attached hydrogen (secondary N) is 1. The zero-order valence-corrected chi connectivity index (χ0v) is 15.5. The highest BCUT2D eigenvalue weighted by Gasteiger charge is 2.44. The summed E-state index contributed by atoms with van der Waals surface area (Å²) in [5.41, 5.74) is 4.62. The van der Waals surface area contributed by atoms with Crippen LogP contribution in [0.1, 0.15) is 50.7 Å². The molecule has 1 aliphatic heterocycles. The van der Waals surface area contributed by atoms with Crippen LogP contribution in [0.25, 0.3) is 0 Å². The summed E-state index contributed by atoms with van der Waals surface area (Å²) in [6, 6.07) is 8.03. The summed E-state index contributed by atoms with van der Waals surface area (Å²) in [5, 5.41) is 3.30. The molecule has 3 rings (SSSR count). The molecule has 0 radical (unpaired) electrons. The first-order chi connectivity index (χ1) is 11.8. The van der Waals surface area contributed by atoms with Crippen LogP contribution in [0.5, 0.6) is 0 Å². The van der Waals surface area contributed by atoms with E-state index in [9.17, 15) is 9.59 Å². The number of dihydropyridines is 1. The van der Waals surface area contributed by atoms with Gasteiger partial charge in [0.15, 0.2) is 5.78 Å². The molecular formula is C21H25NO3. The molecule has 1 unspecified atom stereocenters. The SMILES string of the molecule is COC(=O)C1=C(C)NC2=C(C(=O)C(C)(C)CC2)C1c1ccc(C)cc1. The van der Waals surface area contributed by atoms with E-state index in [2.05, 4.69) is 5.32 Å². The Labute approximate surface area is 149 Å². The number of methoxy groups -OCH3 is 1. The Hall–Kier alpha value is -2.36. The van der Waals surface area contributed by atoms with Gasteiger partial charge in [-0.15, -0.1) is 0 Å². The van der Waals surface area contributed by atoms with E-state index in [4.69, 9.17) is 4.74 Å². The Morgan fingerprint density at radius 2 is 1.84 bits per heavy atom. The predicted molar refractivity (Wildman–Crippen MR) is 96.8 cm³/mol. The van der Waals surface area contributed by atoms with Gasteiger partial charge in [0.1, 0.15) is 0 Å². The number of allylic oxidation sites excluding steroid dienone is 3. The van der Waals surface area contributed by atoms with Crippen LogP contribution in [0.15, 0.2) is 46.8 Å².